The summed E-state index contributed by atoms with van der Waals surface area (Å²) in [5, 5.41) is 6.26. The van der Waals surface area contributed by atoms with Crippen LogP contribution in [0.25, 0.3) is 11.5 Å². The maximum atomic E-state index is 13.0. The van der Waals surface area contributed by atoms with Crippen LogP contribution in [0.1, 0.15) is 40.3 Å². The lowest BCUT2D eigenvalue weighted by atomic mass is 10.1. The van der Waals surface area contributed by atoms with Gasteiger partial charge in [0.05, 0.1) is 0 Å². The summed E-state index contributed by atoms with van der Waals surface area (Å²) in [6, 6.07) is 3.74. The number of nitrogens with one attached hydrogen (secondary N) is 2. The highest BCUT2D eigenvalue weighted by Gasteiger charge is 2.32. The van der Waals surface area contributed by atoms with E-state index >= 15 is 0 Å². The molecule has 2 aromatic heterocycles. The largest absolute Gasteiger partial charge is 0.433 e. The molecule has 0 aliphatic heterocycles. The average Bonchev–Trinajstić information content (AvgIpc) is 2.59. The molecule has 2 aromatic rings. The maximum Gasteiger partial charge on any atom is 0.433 e. The number of hydrogen-bond acceptors (Lipinski definition) is 6. The van der Waals surface area contributed by atoms with Gasteiger partial charge in [0.25, 0.3) is 0 Å². The van der Waals surface area contributed by atoms with Crippen LogP contribution in [0.15, 0.2) is 18.2 Å². The minimum absolute atomic E-state index is 0.0417. The molecule has 2 heterocycles. The molecule has 0 aliphatic carbocycles. The predicted molar refractivity (Wildman–Crippen MR) is 99.3 cm³/mol. The van der Waals surface area contributed by atoms with Gasteiger partial charge in [-0.2, -0.15) is 28.1 Å². The molecule has 0 amide bonds. The number of rotatable bonds is 7. The molecule has 0 radical (unpaired) electrons. The number of anilines is 2. The summed E-state index contributed by atoms with van der Waals surface area (Å²) in [7, 11) is 0. The van der Waals surface area contributed by atoms with Crippen LogP contribution in [0.2, 0.25) is 0 Å². The Morgan fingerprint density at radius 3 is 2.19 bits per heavy atom. The third kappa shape index (κ3) is 6.04. The summed E-state index contributed by atoms with van der Waals surface area (Å²) in [5.41, 5.74) is -0.942. The molecule has 0 unspecified atom stereocenters. The van der Waals surface area contributed by atoms with Gasteiger partial charge in [-0.15, -0.1) is 0 Å². The fraction of sp³-hybridized carbons (Fsp3) is 0.556. The van der Waals surface area contributed by atoms with Crippen molar-refractivity contribution >= 4 is 11.9 Å². The minimum atomic E-state index is -4.53. The molecule has 2 rings (SSSR count). The van der Waals surface area contributed by atoms with E-state index in [0.29, 0.717) is 30.3 Å². The molecule has 1 atom stereocenters. The van der Waals surface area contributed by atoms with Crippen LogP contribution in [0, 0.1) is 11.8 Å². The maximum absolute atomic E-state index is 13.0. The summed E-state index contributed by atoms with van der Waals surface area (Å²) in [6.45, 7) is 10.8. The van der Waals surface area contributed by atoms with E-state index in [2.05, 4.69) is 30.6 Å². The third-order valence-electron chi connectivity index (χ3n) is 3.93. The van der Waals surface area contributed by atoms with Crippen LogP contribution in [0.5, 0.6) is 0 Å². The Kier molecular flexibility index (Phi) is 6.56. The van der Waals surface area contributed by atoms with Gasteiger partial charge >= 0.3 is 6.18 Å². The van der Waals surface area contributed by atoms with Gasteiger partial charge in [0.1, 0.15) is 11.4 Å². The zero-order valence-corrected chi connectivity index (χ0v) is 16.1. The van der Waals surface area contributed by atoms with Gasteiger partial charge in [-0.05, 0) is 30.9 Å². The van der Waals surface area contributed by atoms with Crippen molar-refractivity contribution < 1.29 is 13.2 Å². The van der Waals surface area contributed by atoms with Crippen LogP contribution < -0.4 is 10.6 Å². The van der Waals surface area contributed by atoms with Crippen molar-refractivity contribution in [3.8, 4) is 11.5 Å². The summed E-state index contributed by atoms with van der Waals surface area (Å²) >= 11 is 0. The highest BCUT2D eigenvalue weighted by Crippen LogP contribution is 2.29. The van der Waals surface area contributed by atoms with E-state index in [9.17, 15) is 13.2 Å². The van der Waals surface area contributed by atoms with Crippen molar-refractivity contribution in [2.75, 3.05) is 17.2 Å². The van der Waals surface area contributed by atoms with E-state index in [4.69, 9.17) is 0 Å². The Bertz CT molecular complexity index is 761. The first kappa shape index (κ1) is 20.9. The van der Waals surface area contributed by atoms with Gasteiger partial charge in [-0.3, -0.25) is 0 Å². The summed E-state index contributed by atoms with van der Waals surface area (Å²) in [5.74, 6) is 1.35. The molecule has 9 heteroatoms. The lowest BCUT2D eigenvalue weighted by molar-refractivity contribution is -0.141. The van der Waals surface area contributed by atoms with Crippen molar-refractivity contribution in [1.29, 1.82) is 0 Å². The smallest absolute Gasteiger partial charge is 0.354 e. The molecule has 0 saturated carbocycles. The van der Waals surface area contributed by atoms with Gasteiger partial charge in [0.2, 0.25) is 11.9 Å². The van der Waals surface area contributed by atoms with Crippen LogP contribution in [-0.4, -0.2) is 32.5 Å². The SMILES string of the molecule is CC(C)CNc1nc(N[C@@H](C)C(C)C)nc(-c2cccc(C(F)(F)F)n2)n1. The molecule has 27 heavy (non-hydrogen) atoms. The number of alkyl halides is 3. The van der Waals surface area contributed by atoms with Crippen molar-refractivity contribution in [3.05, 3.63) is 23.9 Å². The topological polar surface area (TPSA) is 75.6 Å². The Balaban J connectivity index is 2.43. The first-order valence-corrected chi connectivity index (χ1v) is 8.87. The van der Waals surface area contributed by atoms with E-state index < -0.39 is 11.9 Å². The fourth-order valence-corrected chi connectivity index (χ4v) is 2.02. The molecule has 0 aromatic carbocycles. The van der Waals surface area contributed by atoms with Crippen LogP contribution in [-0.2, 0) is 6.18 Å². The number of aromatic nitrogens is 4. The quantitative estimate of drug-likeness (QED) is 0.736. The van der Waals surface area contributed by atoms with Crippen LogP contribution >= 0.6 is 0 Å². The average molecular weight is 382 g/mol. The Morgan fingerprint density at radius 2 is 1.59 bits per heavy atom. The van der Waals surface area contributed by atoms with E-state index in [1.54, 1.807) is 0 Å². The van der Waals surface area contributed by atoms with E-state index in [1.807, 2.05) is 34.6 Å². The first-order valence-electron chi connectivity index (χ1n) is 8.87. The zero-order chi connectivity index (χ0) is 20.2. The van der Waals surface area contributed by atoms with Gasteiger partial charge in [-0.25, -0.2) is 4.98 Å². The summed E-state index contributed by atoms with van der Waals surface area (Å²) in [4.78, 5) is 16.5. The minimum Gasteiger partial charge on any atom is -0.354 e. The Morgan fingerprint density at radius 1 is 0.926 bits per heavy atom. The molecule has 0 spiro atoms. The zero-order valence-electron chi connectivity index (χ0n) is 16.1. The number of pyridine rings is 1. The molecule has 0 aliphatic rings. The molecule has 0 saturated heterocycles. The lowest BCUT2D eigenvalue weighted by Gasteiger charge is -2.18. The third-order valence-corrected chi connectivity index (χ3v) is 3.93. The number of nitrogens with zero attached hydrogens (tertiary/aromatic N) is 4. The first-order chi connectivity index (χ1) is 12.6. The van der Waals surface area contributed by atoms with E-state index in [1.165, 1.54) is 12.1 Å². The summed E-state index contributed by atoms with van der Waals surface area (Å²) in [6.07, 6.45) is -4.53. The molecular formula is C18H25F3N6. The van der Waals surface area contributed by atoms with Gasteiger partial charge < -0.3 is 10.6 Å². The van der Waals surface area contributed by atoms with Gasteiger partial charge in [0.15, 0.2) is 5.82 Å². The van der Waals surface area contributed by atoms with E-state index in [0.717, 1.165) is 6.07 Å². The van der Waals surface area contributed by atoms with Crippen molar-refractivity contribution in [2.45, 2.75) is 46.8 Å². The standard InChI is InChI=1S/C18H25F3N6/c1-10(2)9-22-16-25-15(26-17(27-16)23-12(5)11(3)4)13-7-6-8-14(24-13)18(19,20)21/h6-8,10-12H,9H2,1-5H3,(H2,22,23,25,26,27)/t12-/m0/s1. The van der Waals surface area contributed by atoms with Crippen molar-refractivity contribution in [2.24, 2.45) is 11.8 Å². The Labute approximate surface area is 157 Å². The normalized spacial score (nSPS) is 13.1. The van der Waals surface area contributed by atoms with Crippen molar-refractivity contribution in [1.82, 2.24) is 19.9 Å². The lowest BCUT2D eigenvalue weighted by Crippen LogP contribution is -2.24. The molecule has 148 valence electrons. The molecule has 6 nitrogen and oxygen atoms in total. The highest BCUT2D eigenvalue weighted by molar-refractivity contribution is 5.54. The second-order valence-electron chi connectivity index (χ2n) is 7.16. The van der Waals surface area contributed by atoms with Gasteiger partial charge in [-0.1, -0.05) is 33.8 Å². The highest BCUT2D eigenvalue weighted by atomic mass is 19.4. The second kappa shape index (κ2) is 8.49. The fourth-order valence-electron chi connectivity index (χ4n) is 2.02. The monoisotopic (exact) mass is 382 g/mol. The Hall–Kier alpha value is -2.45. The number of halogens is 3. The predicted octanol–water partition coefficient (Wildman–Crippen LogP) is 4.48. The van der Waals surface area contributed by atoms with E-state index in [-0.39, 0.29) is 17.6 Å². The van der Waals surface area contributed by atoms with Gasteiger partial charge in [0, 0.05) is 12.6 Å². The summed E-state index contributed by atoms with van der Waals surface area (Å²) < 4.78 is 38.9. The number of hydrogen-bond donors (Lipinski definition) is 2. The van der Waals surface area contributed by atoms with Crippen LogP contribution in [0.3, 0.4) is 0 Å². The molecular weight excluding hydrogens is 357 g/mol. The van der Waals surface area contributed by atoms with Crippen LogP contribution in [0.4, 0.5) is 25.1 Å². The second-order valence-corrected chi connectivity index (χ2v) is 7.16. The van der Waals surface area contributed by atoms with Crippen molar-refractivity contribution in [3.63, 3.8) is 0 Å². The molecule has 0 fully saturated rings. The molecule has 2 N–H and O–H groups in total. The molecule has 0 bridgehead atoms.